The van der Waals surface area contributed by atoms with E-state index in [-0.39, 0.29) is 18.0 Å². The number of rotatable bonds is 8. The summed E-state index contributed by atoms with van der Waals surface area (Å²) >= 11 is 3.29. The summed E-state index contributed by atoms with van der Waals surface area (Å²) in [7, 11) is -3.90. The molecular formula is C20H18BrN3O4S. The minimum Gasteiger partial charge on any atom is -0.463 e. The number of nitrogens with one attached hydrogen (secondary N) is 1. The van der Waals surface area contributed by atoms with Gasteiger partial charge in [0.1, 0.15) is 5.76 Å². The summed E-state index contributed by atoms with van der Waals surface area (Å²) in [5.41, 5.74) is 3.09. The third-order valence-electron chi connectivity index (χ3n) is 3.90. The lowest BCUT2D eigenvalue weighted by atomic mass is 10.2. The first kappa shape index (κ1) is 21.0. The second-order valence-electron chi connectivity index (χ2n) is 6.02. The van der Waals surface area contributed by atoms with Crippen molar-refractivity contribution in [1.29, 1.82) is 0 Å². The molecule has 0 bridgehead atoms. The van der Waals surface area contributed by atoms with Gasteiger partial charge in [-0.2, -0.15) is 9.41 Å². The van der Waals surface area contributed by atoms with Gasteiger partial charge in [0.15, 0.2) is 0 Å². The highest BCUT2D eigenvalue weighted by Gasteiger charge is 2.26. The molecule has 1 aromatic heterocycles. The van der Waals surface area contributed by atoms with Crippen molar-refractivity contribution in [3.8, 4) is 0 Å². The minimum atomic E-state index is -3.90. The molecule has 1 N–H and O–H groups in total. The second-order valence-corrected chi connectivity index (χ2v) is 8.87. The fraction of sp³-hybridized carbons (Fsp3) is 0.100. The lowest BCUT2D eigenvalue weighted by Crippen LogP contribution is -2.39. The smallest absolute Gasteiger partial charge is 0.255 e. The third-order valence-corrected chi connectivity index (χ3v) is 6.23. The van der Waals surface area contributed by atoms with Gasteiger partial charge in [-0.3, -0.25) is 4.79 Å². The van der Waals surface area contributed by atoms with Crippen molar-refractivity contribution in [3.05, 3.63) is 88.8 Å². The maximum Gasteiger partial charge on any atom is 0.255 e. The molecule has 3 rings (SSSR count). The number of furan rings is 1. The first-order valence-corrected chi connectivity index (χ1v) is 10.8. The summed E-state index contributed by atoms with van der Waals surface area (Å²) in [5.74, 6) is -0.0988. The Balaban J connectivity index is 1.78. The van der Waals surface area contributed by atoms with Crippen molar-refractivity contribution in [2.75, 3.05) is 6.54 Å². The van der Waals surface area contributed by atoms with Crippen LogP contribution in [0, 0.1) is 0 Å². The summed E-state index contributed by atoms with van der Waals surface area (Å²) in [4.78, 5) is 12.4. The number of hydrogen-bond donors (Lipinski definition) is 1. The van der Waals surface area contributed by atoms with E-state index in [0.717, 1.165) is 14.3 Å². The van der Waals surface area contributed by atoms with Crippen molar-refractivity contribution in [1.82, 2.24) is 9.73 Å². The van der Waals surface area contributed by atoms with E-state index in [0.29, 0.717) is 5.76 Å². The van der Waals surface area contributed by atoms with Crippen LogP contribution >= 0.6 is 15.9 Å². The average molecular weight is 476 g/mol. The molecule has 0 spiro atoms. The topological polar surface area (TPSA) is 92.0 Å². The van der Waals surface area contributed by atoms with E-state index in [2.05, 4.69) is 26.5 Å². The number of benzene rings is 2. The predicted molar refractivity (Wildman–Crippen MR) is 113 cm³/mol. The number of amides is 1. The number of hydrazone groups is 1. The first-order chi connectivity index (χ1) is 13.9. The van der Waals surface area contributed by atoms with Crippen molar-refractivity contribution in [2.45, 2.75) is 11.4 Å². The Hall–Kier alpha value is -2.75. The number of carbonyl (C=O) groups is 1. The molecule has 0 aliphatic heterocycles. The molecule has 9 heteroatoms. The van der Waals surface area contributed by atoms with Gasteiger partial charge in [-0.05, 0) is 42.0 Å². The lowest BCUT2D eigenvalue weighted by Gasteiger charge is -2.21. The standard InChI is InChI=1S/C20H18BrN3O4S/c21-17-8-10-19(11-9-17)29(26,27)24(14-16-5-2-1-3-6-16)15-20(25)23-22-13-18-7-4-12-28-18/h1-13H,14-15H2,(H,23,25)/b22-13-. The van der Waals surface area contributed by atoms with Gasteiger partial charge in [-0.25, -0.2) is 13.8 Å². The molecule has 0 aliphatic carbocycles. The summed E-state index contributed by atoms with van der Waals surface area (Å²) in [5, 5.41) is 3.79. The third kappa shape index (κ3) is 5.86. The Bertz CT molecular complexity index is 1070. The van der Waals surface area contributed by atoms with Gasteiger partial charge in [-0.1, -0.05) is 46.3 Å². The second kappa shape index (κ2) is 9.64. The van der Waals surface area contributed by atoms with E-state index in [1.54, 1.807) is 36.4 Å². The van der Waals surface area contributed by atoms with Crippen LogP contribution in [0.5, 0.6) is 0 Å². The molecule has 0 saturated carbocycles. The van der Waals surface area contributed by atoms with Crippen molar-refractivity contribution >= 4 is 38.1 Å². The molecule has 0 unspecified atom stereocenters. The zero-order chi connectivity index (χ0) is 20.7. The summed E-state index contributed by atoms with van der Waals surface area (Å²) < 4.78 is 33.2. The van der Waals surface area contributed by atoms with Crippen LogP contribution in [0.2, 0.25) is 0 Å². The van der Waals surface area contributed by atoms with Gasteiger partial charge in [-0.15, -0.1) is 0 Å². The largest absolute Gasteiger partial charge is 0.463 e. The normalized spacial score (nSPS) is 11.8. The monoisotopic (exact) mass is 475 g/mol. The highest BCUT2D eigenvalue weighted by atomic mass is 79.9. The predicted octanol–water partition coefficient (Wildman–Crippen LogP) is 3.38. The Morgan fingerprint density at radius 3 is 2.45 bits per heavy atom. The van der Waals surface area contributed by atoms with Crippen molar-refractivity contribution in [3.63, 3.8) is 0 Å². The van der Waals surface area contributed by atoms with Crippen LogP contribution < -0.4 is 5.43 Å². The Morgan fingerprint density at radius 2 is 1.79 bits per heavy atom. The van der Waals surface area contributed by atoms with Gasteiger partial charge < -0.3 is 4.42 Å². The number of nitrogens with zero attached hydrogens (tertiary/aromatic N) is 2. The number of sulfonamides is 1. The maximum absolute atomic E-state index is 13.1. The van der Waals surface area contributed by atoms with Crippen LogP contribution in [0.3, 0.4) is 0 Å². The molecular weight excluding hydrogens is 458 g/mol. The van der Waals surface area contributed by atoms with E-state index in [4.69, 9.17) is 4.42 Å². The van der Waals surface area contributed by atoms with Gasteiger partial charge in [0.2, 0.25) is 10.0 Å². The van der Waals surface area contributed by atoms with E-state index < -0.39 is 15.9 Å². The number of carbonyl (C=O) groups excluding carboxylic acids is 1. The fourth-order valence-electron chi connectivity index (χ4n) is 2.50. The first-order valence-electron chi connectivity index (χ1n) is 8.60. The van der Waals surface area contributed by atoms with Gasteiger partial charge in [0.05, 0.1) is 23.9 Å². The summed E-state index contributed by atoms with van der Waals surface area (Å²) in [6.07, 6.45) is 2.82. The highest BCUT2D eigenvalue weighted by molar-refractivity contribution is 9.10. The molecule has 2 aromatic carbocycles. The molecule has 0 aliphatic rings. The molecule has 0 atom stereocenters. The zero-order valence-electron chi connectivity index (χ0n) is 15.2. The maximum atomic E-state index is 13.1. The summed E-state index contributed by atoms with van der Waals surface area (Å²) in [6.45, 7) is -0.336. The van der Waals surface area contributed by atoms with Crippen LogP contribution in [-0.2, 0) is 21.4 Å². The van der Waals surface area contributed by atoms with Gasteiger partial charge in [0.25, 0.3) is 5.91 Å². The molecule has 0 radical (unpaired) electrons. The van der Waals surface area contributed by atoms with Gasteiger partial charge >= 0.3 is 0 Å². The molecule has 29 heavy (non-hydrogen) atoms. The zero-order valence-corrected chi connectivity index (χ0v) is 17.6. The van der Waals surface area contributed by atoms with Crippen LogP contribution in [-0.4, -0.2) is 31.4 Å². The molecule has 0 saturated heterocycles. The minimum absolute atomic E-state index is 0.0502. The van der Waals surface area contributed by atoms with Crippen LogP contribution in [0.4, 0.5) is 0 Å². The highest BCUT2D eigenvalue weighted by Crippen LogP contribution is 2.20. The van der Waals surface area contributed by atoms with E-state index in [1.165, 1.54) is 24.6 Å². The molecule has 0 fully saturated rings. The van der Waals surface area contributed by atoms with E-state index >= 15 is 0 Å². The molecule has 3 aromatic rings. The molecule has 1 heterocycles. The van der Waals surface area contributed by atoms with Gasteiger partial charge in [0, 0.05) is 11.0 Å². The number of halogens is 1. The average Bonchev–Trinajstić information content (AvgIpc) is 3.22. The van der Waals surface area contributed by atoms with Crippen molar-refractivity contribution < 1.29 is 17.6 Å². The Morgan fingerprint density at radius 1 is 1.07 bits per heavy atom. The fourth-order valence-corrected chi connectivity index (χ4v) is 4.15. The number of hydrogen-bond acceptors (Lipinski definition) is 5. The lowest BCUT2D eigenvalue weighted by molar-refractivity contribution is -0.121. The van der Waals surface area contributed by atoms with Crippen LogP contribution in [0.1, 0.15) is 11.3 Å². The van der Waals surface area contributed by atoms with E-state index in [1.807, 2.05) is 18.2 Å². The molecule has 7 nitrogen and oxygen atoms in total. The van der Waals surface area contributed by atoms with Crippen LogP contribution in [0.25, 0.3) is 0 Å². The molecule has 1 amide bonds. The van der Waals surface area contributed by atoms with Crippen LogP contribution in [0.15, 0.2) is 91.9 Å². The molecule has 150 valence electrons. The Labute approximate surface area is 177 Å². The SMILES string of the molecule is O=C(CN(Cc1ccccc1)S(=O)(=O)c1ccc(Br)cc1)N/N=C\c1ccco1. The quantitative estimate of drug-likeness (QED) is 0.399. The summed E-state index contributed by atoms with van der Waals surface area (Å²) in [6, 6.07) is 18.7. The van der Waals surface area contributed by atoms with Crippen molar-refractivity contribution in [2.24, 2.45) is 5.10 Å². The van der Waals surface area contributed by atoms with E-state index in [9.17, 15) is 13.2 Å². The Kier molecular flexibility index (Phi) is 6.97.